The van der Waals surface area contributed by atoms with Crippen molar-refractivity contribution >= 4 is 34.8 Å². The lowest BCUT2D eigenvalue weighted by molar-refractivity contribution is -0.122. The molecule has 0 unspecified atom stereocenters. The molecule has 6 nitrogen and oxygen atoms in total. The molecule has 0 bridgehead atoms. The van der Waals surface area contributed by atoms with Crippen LogP contribution in [0.2, 0.25) is 5.02 Å². The Morgan fingerprint density at radius 2 is 2.12 bits per heavy atom. The second-order valence-electron chi connectivity index (χ2n) is 5.23. The number of para-hydroxylation sites is 1. The largest absolute Gasteiger partial charge is 0.482 e. The molecule has 0 aliphatic carbocycles. The van der Waals surface area contributed by atoms with Crippen molar-refractivity contribution < 1.29 is 19.1 Å². The van der Waals surface area contributed by atoms with Crippen LogP contribution in [0.5, 0.6) is 11.5 Å². The van der Waals surface area contributed by atoms with E-state index < -0.39 is 6.10 Å². The minimum absolute atomic E-state index is 0.180. The summed E-state index contributed by atoms with van der Waals surface area (Å²) in [4.78, 5) is 23.6. The first-order valence-electron chi connectivity index (χ1n) is 7.31. The number of rotatable bonds is 4. The molecule has 2 aromatic carbocycles. The molecule has 1 aliphatic rings. The maximum Gasteiger partial charge on any atom is 0.265 e. The summed E-state index contributed by atoms with van der Waals surface area (Å²) in [7, 11) is 0. The van der Waals surface area contributed by atoms with Gasteiger partial charge in [0.2, 0.25) is 0 Å². The quantitative estimate of drug-likeness (QED) is 0.892. The Labute approximate surface area is 143 Å². The van der Waals surface area contributed by atoms with Gasteiger partial charge in [-0.25, -0.2) is 0 Å². The number of nitrogens with one attached hydrogen (secondary N) is 2. The van der Waals surface area contributed by atoms with Crippen molar-refractivity contribution in [3.05, 3.63) is 47.5 Å². The van der Waals surface area contributed by atoms with Crippen molar-refractivity contribution in [2.45, 2.75) is 13.0 Å². The van der Waals surface area contributed by atoms with E-state index >= 15 is 0 Å². The average Bonchev–Trinajstić information content (AvgIpc) is 2.55. The molecule has 0 aromatic heterocycles. The van der Waals surface area contributed by atoms with Gasteiger partial charge in [-0.2, -0.15) is 0 Å². The van der Waals surface area contributed by atoms with Gasteiger partial charge in [0.15, 0.2) is 12.7 Å². The third-order valence-electron chi connectivity index (χ3n) is 3.39. The van der Waals surface area contributed by atoms with Crippen LogP contribution in [0.15, 0.2) is 42.5 Å². The fourth-order valence-electron chi connectivity index (χ4n) is 2.19. The van der Waals surface area contributed by atoms with E-state index in [0.29, 0.717) is 27.9 Å². The van der Waals surface area contributed by atoms with Crippen LogP contribution < -0.4 is 20.1 Å². The van der Waals surface area contributed by atoms with E-state index in [1.165, 1.54) is 0 Å². The third-order valence-corrected chi connectivity index (χ3v) is 3.70. The molecular weight excluding hydrogens is 332 g/mol. The molecule has 3 rings (SSSR count). The van der Waals surface area contributed by atoms with E-state index in [1.54, 1.807) is 49.4 Å². The highest BCUT2D eigenvalue weighted by atomic mass is 35.5. The van der Waals surface area contributed by atoms with E-state index in [-0.39, 0.29) is 18.4 Å². The zero-order valence-electron chi connectivity index (χ0n) is 12.8. The Hall–Kier alpha value is -2.73. The van der Waals surface area contributed by atoms with Gasteiger partial charge < -0.3 is 20.1 Å². The van der Waals surface area contributed by atoms with E-state index in [4.69, 9.17) is 21.1 Å². The highest BCUT2D eigenvalue weighted by Gasteiger charge is 2.23. The summed E-state index contributed by atoms with van der Waals surface area (Å²) in [5.74, 6) is 0.432. The maximum atomic E-state index is 12.0. The SMILES string of the molecule is C[C@@H]1Oc2ccc(NC(=O)COc3ccccc3Cl)cc2NC1=O. The Kier molecular flexibility index (Phi) is 4.57. The summed E-state index contributed by atoms with van der Waals surface area (Å²) >= 11 is 5.96. The average molecular weight is 347 g/mol. The van der Waals surface area contributed by atoms with E-state index in [9.17, 15) is 9.59 Å². The lowest BCUT2D eigenvalue weighted by Crippen LogP contribution is -2.34. The van der Waals surface area contributed by atoms with Crippen LogP contribution in [0, 0.1) is 0 Å². The third kappa shape index (κ3) is 3.60. The topological polar surface area (TPSA) is 76.7 Å². The summed E-state index contributed by atoms with van der Waals surface area (Å²) in [6.07, 6.45) is -0.540. The Bertz CT molecular complexity index is 794. The van der Waals surface area contributed by atoms with Crippen molar-refractivity contribution in [1.29, 1.82) is 0 Å². The minimum atomic E-state index is -0.540. The van der Waals surface area contributed by atoms with E-state index in [1.807, 2.05) is 0 Å². The Balaban J connectivity index is 1.62. The molecule has 0 spiro atoms. The molecule has 1 heterocycles. The van der Waals surface area contributed by atoms with Crippen LogP contribution in [-0.2, 0) is 9.59 Å². The van der Waals surface area contributed by atoms with Gasteiger partial charge in [-0.3, -0.25) is 9.59 Å². The molecule has 0 radical (unpaired) electrons. The van der Waals surface area contributed by atoms with Crippen molar-refractivity contribution in [3.8, 4) is 11.5 Å². The van der Waals surface area contributed by atoms with E-state index in [0.717, 1.165) is 0 Å². The van der Waals surface area contributed by atoms with Crippen molar-refractivity contribution in [2.75, 3.05) is 17.2 Å². The molecule has 7 heteroatoms. The lowest BCUT2D eigenvalue weighted by Gasteiger charge is -2.23. The van der Waals surface area contributed by atoms with Crippen molar-refractivity contribution in [1.82, 2.24) is 0 Å². The maximum absolute atomic E-state index is 12.0. The standard InChI is InChI=1S/C17H15ClN2O4/c1-10-17(22)20-13-8-11(6-7-15(13)24-10)19-16(21)9-23-14-5-3-2-4-12(14)18/h2-8,10H,9H2,1H3,(H,19,21)(H,20,22)/t10-/m0/s1. The molecule has 1 aliphatic heterocycles. The van der Waals surface area contributed by atoms with Gasteiger partial charge >= 0.3 is 0 Å². The first-order chi connectivity index (χ1) is 11.5. The van der Waals surface area contributed by atoms with Gasteiger partial charge in [0.05, 0.1) is 10.7 Å². The first kappa shape index (κ1) is 16.1. The van der Waals surface area contributed by atoms with Gasteiger partial charge in [-0.15, -0.1) is 0 Å². The number of anilines is 2. The molecule has 2 N–H and O–H groups in total. The summed E-state index contributed by atoms with van der Waals surface area (Å²) in [6.45, 7) is 1.49. The second-order valence-corrected chi connectivity index (χ2v) is 5.63. The van der Waals surface area contributed by atoms with Crippen LogP contribution in [0.3, 0.4) is 0 Å². The van der Waals surface area contributed by atoms with Crippen LogP contribution in [-0.4, -0.2) is 24.5 Å². The predicted molar refractivity (Wildman–Crippen MR) is 90.7 cm³/mol. The molecule has 124 valence electrons. The molecule has 2 amide bonds. The fourth-order valence-corrected chi connectivity index (χ4v) is 2.38. The zero-order valence-corrected chi connectivity index (χ0v) is 13.6. The minimum Gasteiger partial charge on any atom is -0.482 e. The number of hydrogen-bond acceptors (Lipinski definition) is 4. The van der Waals surface area contributed by atoms with Crippen LogP contribution in [0.4, 0.5) is 11.4 Å². The lowest BCUT2D eigenvalue weighted by atomic mass is 10.2. The van der Waals surface area contributed by atoms with Gasteiger partial charge in [-0.05, 0) is 37.3 Å². The molecule has 0 saturated carbocycles. The number of benzene rings is 2. The fraction of sp³-hybridized carbons (Fsp3) is 0.176. The van der Waals surface area contributed by atoms with Crippen molar-refractivity contribution in [3.63, 3.8) is 0 Å². The Morgan fingerprint density at radius 1 is 1.33 bits per heavy atom. The summed E-state index contributed by atoms with van der Waals surface area (Å²) < 4.78 is 10.8. The first-order valence-corrected chi connectivity index (χ1v) is 7.69. The van der Waals surface area contributed by atoms with Crippen LogP contribution in [0.25, 0.3) is 0 Å². The number of ether oxygens (including phenoxy) is 2. The smallest absolute Gasteiger partial charge is 0.265 e. The summed E-state index contributed by atoms with van der Waals surface area (Å²) in [5.41, 5.74) is 1.04. The Morgan fingerprint density at radius 3 is 2.92 bits per heavy atom. The zero-order chi connectivity index (χ0) is 17.1. The normalized spacial score (nSPS) is 15.8. The highest BCUT2D eigenvalue weighted by Crippen LogP contribution is 2.32. The number of amides is 2. The second kappa shape index (κ2) is 6.80. The monoisotopic (exact) mass is 346 g/mol. The molecule has 1 atom stereocenters. The van der Waals surface area contributed by atoms with Gasteiger partial charge in [0.1, 0.15) is 11.5 Å². The number of carbonyl (C=O) groups is 2. The molecule has 0 saturated heterocycles. The van der Waals surface area contributed by atoms with Crippen molar-refractivity contribution in [2.24, 2.45) is 0 Å². The summed E-state index contributed by atoms with van der Waals surface area (Å²) in [5, 5.41) is 5.86. The molecular formula is C17H15ClN2O4. The molecule has 0 fully saturated rings. The van der Waals surface area contributed by atoms with Crippen LogP contribution >= 0.6 is 11.6 Å². The summed E-state index contributed by atoms with van der Waals surface area (Å²) in [6, 6.07) is 11.9. The van der Waals surface area contributed by atoms with Gasteiger partial charge in [-0.1, -0.05) is 23.7 Å². The molecule has 2 aromatic rings. The van der Waals surface area contributed by atoms with Gasteiger partial charge in [0.25, 0.3) is 11.8 Å². The number of hydrogen-bond donors (Lipinski definition) is 2. The number of fused-ring (bicyclic) bond motifs is 1. The number of halogens is 1. The predicted octanol–water partition coefficient (Wildman–Crippen LogP) is 3.08. The molecule has 24 heavy (non-hydrogen) atoms. The van der Waals surface area contributed by atoms with Gasteiger partial charge in [0, 0.05) is 5.69 Å². The van der Waals surface area contributed by atoms with E-state index in [2.05, 4.69) is 10.6 Å². The number of carbonyl (C=O) groups excluding carboxylic acids is 2. The highest BCUT2D eigenvalue weighted by molar-refractivity contribution is 6.32. The van der Waals surface area contributed by atoms with Crippen LogP contribution in [0.1, 0.15) is 6.92 Å².